The lowest BCUT2D eigenvalue weighted by Gasteiger charge is -2.20. The fourth-order valence-electron chi connectivity index (χ4n) is 1.82. The second-order valence-electron chi connectivity index (χ2n) is 4.81. The third kappa shape index (κ3) is 6.76. The normalized spacial score (nSPS) is 14.0. The summed E-state index contributed by atoms with van der Waals surface area (Å²) < 4.78 is 35.9. The number of hydrogen-bond donors (Lipinski definition) is 3. The van der Waals surface area contributed by atoms with Crippen LogP contribution < -0.4 is 5.32 Å². The molecule has 128 valence electrons. The summed E-state index contributed by atoms with van der Waals surface area (Å²) in [5.41, 5.74) is 0.509. The Balaban J connectivity index is 2.93. The zero-order valence-corrected chi connectivity index (χ0v) is 13.3. The molecule has 23 heavy (non-hydrogen) atoms. The average Bonchev–Trinajstić information content (AvgIpc) is 2.46. The number of hydrogen-bond acceptors (Lipinski definition) is 5. The van der Waals surface area contributed by atoms with Gasteiger partial charge in [-0.15, -0.1) is 0 Å². The molecule has 0 aliphatic rings. The predicted octanol–water partition coefficient (Wildman–Crippen LogP) is 0.612. The summed E-state index contributed by atoms with van der Waals surface area (Å²) in [6, 6.07) is 6.64. The maximum atomic E-state index is 12.3. The van der Waals surface area contributed by atoms with Crippen molar-refractivity contribution < 1.29 is 32.4 Å². The van der Waals surface area contributed by atoms with Gasteiger partial charge in [0.2, 0.25) is 0 Å². The molecule has 0 saturated carbocycles. The first-order valence-corrected chi connectivity index (χ1v) is 8.50. The number of ether oxygens (including phenoxy) is 1. The highest BCUT2D eigenvalue weighted by molar-refractivity contribution is 7.85. The van der Waals surface area contributed by atoms with Gasteiger partial charge in [0.1, 0.15) is 11.8 Å². The van der Waals surface area contributed by atoms with Crippen molar-refractivity contribution >= 4 is 22.0 Å². The second kappa shape index (κ2) is 8.61. The van der Waals surface area contributed by atoms with E-state index in [-0.39, 0.29) is 6.61 Å². The van der Waals surface area contributed by atoms with E-state index in [0.29, 0.717) is 12.0 Å². The number of carboxylic acids is 1. The summed E-state index contributed by atoms with van der Waals surface area (Å²) in [5.74, 6) is -3.48. The van der Waals surface area contributed by atoms with Crippen molar-refractivity contribution in [1.82, 2.24) is 5.32 Å². The molecular formula is C14H19NO7S. The minimum atomic E-state index is -4.56. The zero-order valence-electron chi connectivity index (χ0n) is 12.5. The van der Waals surface area contributed by atoms with Crippen LogP contribution in [0.3, 0.4) is 0 Å². The van der Waals surface area contributed by atoms with Gasteiger partial charge in [-0.25, -0.2) is 4.79 Å². The van der Waals surface area contributed by atoms with E-state index in [4.69, 9.17) is 14.4 Å². The molecule has 1 aromatic rings. The van der Waals surface area contributed by atoms with Crippen LogP contribution in [0, 0.1) is 0 Å². The number of rotatable bonds is 9. The van der Waals surface area contributed by atoms with E-state index in [1.165, 1.54) is 0 Å². The van der Waals surface area contributed by atoms with Gasteiger partial charge in [-0.1, -0.05) is 37.3 Å². The Morgan fingerprint density at radius 2 is 1.87 bits per heavy atom. The molecule has 0 saturated heterocycles. The van der Waals surface area contributed by atoms with Gasteiger partial charge in [-0.3, -0.25) is 9.35 Å². The highest BCUT2D eigenvalue weighted by atomic mass is 32.2. The van der Waals surface area contributed by atoms with Crippen LogP contribution in [0.15, 0.2) is 30.3 Å². The Labute approximate surface area is 134 Å². The highest BCUT2D eigenvalue weighted by Crippen LogP contribution is 2.18. The van der Waals surface area contributed by atoms with Crippen molar-refractivity contribution in [2.45, 2.75) is 25.5 Å². The molecule has 0 aromatic heterocycles. The Bertz CT molecular complexity index is 630. The lowest BCUT2D eigenvalue weighted by atomic mass is 10.1. The van der Waals surface area contributed by atoms with Gasteiger partial charge in [0.25, 0.3) is 16.0 Å². The topological polar surface area (TPSA) is 130 Å². The quantitative estimate of drug-likeness (QED) is 0.559. The summed E-state index contributed by atoms with van der Waals surface area (Å²) in [4.78, 5) is 23.3. The van der Waals surface area contributed by atoms with E-state index in [1.807, 2.05) is 6.92 Å². The number of carbonyl (C=O) groups is 2. The lowest BCUT2D eigenvalue weighted by molar-refractivity contribution is -0.144. The first kappa shape index (κ1) is 19.1. The fourth-order valence-corrected chi connectivity index (χ4v) is 2.47. The number of carbonyl (C=O) groups excluding carboxylic acids is 1. The maximum Gasteiger partial charge on any atom is 0.327 e. The van der Waals surface area contributed by atoms with Crippen molar-refractivity contribution in [2.75, 3.05) is 12.4 Å². The van der Waals surface area contributed by atoms with E-state index < -0.39 is 39.9 Å². The SMILES string of the molecule is CCCOC(C(=O)NC(CS(=O)(=O)O)C(=O)O)c1ccccc1. The third-order valence-electron chi connectivity index (χ3n) is 2.82. The van der Waals surface area contributed by atoms with Crippen LogP contribution in [0.4, 0.5) is 0 Å². The molecule has 0 fully saturated rings. The largest absolute Gasteiger partial charge is 0.480 e. The molecule has 1 amide bonds. The third-order valence-corrected chi connectivity index (χ3v) is 3.58. The smallest absolute Gasteiger partial charge is 0.327 e. The molecule has 2 atom stereocenters. The summed E-state index contributed by atoms with van der Waals surface area (Å²) in [6.07, 6.45) is -0.427. The van der Waals surface area contributed by atoms with Crippen molar-refractivity contribution in [3.05, 3.63) is 35.9 Å². The van der Waals surface area contributed by atoms with E-state index in [0.717, 1.165) is 0 Å². The predicted molar refractivity (Wildman–Crippen MR) is 81.4 cm³/mol. The Morgan fingerprint density at radius 1 is 1.26 bits per heavy atom. The number of carboxylic acid groups (broad SMARTS) is 1. The van der Waals surface area contributed by atoms with Crippen molar-refractivity contribution in [3.8, 4) is 0 Å². The van der Waals surface area contributed by atoms with Gasteiger partial charge < -0.3 is 15.2 Å². The Hall–Kier alpha value is -1.97. The van der Waals surface area contributed by atoms with E-state index >= 15 is 0 Å². The molecular weight excluding hydrogens is 326 g/mol. The van der Waals surface area contributed by atoms with Crippen LogP contribution in [-0.4, -0.2) is 48.4 Å². The fraction of sp³-hybridized carbons (Fsp3) is 0.429. The van der Waals surface area contributed by atoms with Gasteiger partial charge >= 0.3 is 5.97 Å². The van der Waals surface area contributed by atoms with Crippen LogP contribution in [0.5, 0.6) is 0 Å². The van der Waals surface area contributed by atoms with Gasteiger partial charge in [0.15, 0.2) is 6.10 Å². The molecule has 2 unspecified atom stereocenters. The van der Waals surface area contributed by atoms with Crippen LogP contribution in [0.25, 0.3) is 0 Å². The van der Waals surface area contributed by atoms with Gasteiger partial charge in [0, 0.05) is 6.61 Å². The molecule has 8 nitrogen and oxygen atoms in total. The molecule has 3 N–H and O–H groups in total. The number of aliphatic carboxylic acids is 1. The minimum Gasteiger partial charge on any atom is -0.480 e. The van der Waals surface area contributed by atoms with Crippen molar-refractivity contribution in [1.29, 1.82) is 0 Å². The molecule has 0 aliphatic heterocycles. The van der Waals surface area contributed by atoms with Crippen LogP contribution in [0.2, 0.25) is 0 Å². The second-order valence-corrected chi connectivity index (χ2v) is 6.31. The average molecular weight is 345 g/mol. The lowest BCUT2D eigenvalue weighted by Crippen LogP contribution is -2.47. The molecule has 1 aromatic carbocycles. The van der Waals surface area contributed by atoms with Crippen molar-refractivity contribution in [3.63, 3.8) is 0 Å². The maximum absolute atomic E-state index is 12.3. The molecule has 1 rings (SSSR count). The van der Waals surface area contributed by atoms with E-state index in [1.54, 1.807) is 30.3 Å². The highest BCUT2D eigenvalue weighted by Gasteiger charge is 2.30. The summed E-state index contributed by atoms with van der Waals surface area (Å²) in [6.45, 7) is 2.11. The number of amides is 1. The minimum absolute atomic E-state index is 0.267. The van der Waals surface area contributed by atoms with Crippen LogP contribution in [-0.2, 0) is 24.4 Å². The number of benzene rings is 1. The standard InChI is InChI=1S/C14H19NO7S/c1-2-8-22-12(10-6-4-3-5-7-10)13(16)15-11(14(17)18)9-23(19,20)21/h3-7,11-12H,2,8-9H2,1H3,(H,15,16)(H,17,18)(H,19,20,21). The summed E-state index contributed by atoms with van der Waals surface area (Å²) in [7, 11) is -4.56. The Kier molecular flexibility index (Phi) is 7.14. The summed E-state index contributed by atoms with van der Waals surface area (Å²) >= 11 is 0. The molecule has 0 bridgehead atoms. The van der Waals surface area contributed by atoms with Gasteiger partial charge in [0.05, 0.1) is 0 Å². The first-order valence-electron chi connectivity index (χ1n) is 6.89. The molecule has 0 heterocycles. The summed E-state index contributed by atoms with van der Waals surface area (Å²) in [5, 5.41) is 11.1. The van der Waals surface area contributed by atoms with Crippen LogP contribution in [0.1, 0.15) is 25.0 Å². The van der Waals surface area contributed by atoms with Crippen molar-refractivity contribution in [2.24, 2.45) is 0 Å². The molecule has 0 radical (unpaired) electrons. The van der Waals surface area contributed by atoms with Crippen LogP contribution >= 0.6 is 0 Å². The number of nitrogens with one attached hydrogen (secondary N) is 1. The van der Waals surface area contributed by atoms with E-state index in [2.05, 4.69) is 5.32 Å². The molecule has 0 spiro atoms. The van der Waals surface area contributed by atoms with E-state index in [9.17, 15) is 18.0 Å². The molecule has 9 heteroatoms. The van der Waals surface area contributed by atoms with Gasteiger partial charge in [-0.2, -0.15) is 8.42 Å². The molecule has 0 aliphatic carbocycles. The van der Waals surface area contributed by atoms with Gasteiger partial charge in [-0.05, 0) is 12.0 Å². The monoisotopic (exact) mass is 345 g/mol. The zero-order chi connectivity index (χ0) is 17.5. The first-order chi connectivity index (χ1) is 10.7. The Morgan fingerprint density at radius 3 is 2.35 bits per heavy atom.